The zero-order valence-electron chi connectivity index (χ0n) is 14.2. The van der Waals surface area contributed by atoms with Crippen LogP contribution in [0.15, 0.2) is 24.4 Å². The van der Waals surface area contributed by atoms with Crippen LogP contribution in [0.4, 0.5) is 10.1 Å². The maximum absolute atomic E-state index is 13.8. The number of rotatable bonds is 8. The third-order valence-corrected chi connectivity index (χ3v) is 4.09. The van der Waals surface area contributed by atoms with Crippen molar-refractivity contribution < 1.29 is 19.1 Å². The Morgan fingerprint density at radius 3 is 2.85 bits per heavy atom. The highest BCUT2D eigenvalue weighted by molar-refractivity contribution is 6.34. The highest BCUT2D eigenvalue weighted by atomic mass is 35.5. The Kier molecular flexibility index (Phi) is 7.11. The van der Waals surface area contributed by atoms with Crippen LogP contribution in [-0.2, 0) is 0 Å². The summed E-state index contributed by atoms with van der Waals surface area (Å²) < 4.78 is 13.8. The standard InChI is InChI=1S/C17H20ClFN4O3/c1-2-10(24)5-4-8-20-17(26)15-13(9-21-23-15)22-16(25)14-11(18)6-3-7-12(14)19/h3,6-7,9-10,24H,2,4-5,8H2,1H3,(H,20,26)(H,21,23)(H,22,25)/t10-/m0/s1. The molecule has 1 heterocycles. The lowest BCUT2D eigenvalue weighted by Crippen LogP contribution is -2.27. The minimum Gasteiger partial charge on any atom is -0.393 e. The number of hydrogen-bond donors (Lipinski definition) is 4. The predicted octanol–water partition coefficient (Wildman–Crippen LogP) is 2.74. The van der Waals surface area contributed by atoms with Crippen molar-refractivity contribution in [3.05, 3.63) is 46.5 Å². The number of carbonyl (C=O) groups is 2. The largest absolute Gasteiger partial charge is 0.393 e. The molecule has 0 aliphatic heterocycles. The number of aromatic nitrogens is 2. The van der Waals surface area contributed by atoms with Crippen molar-refractivity contribution in [2.75, 3.05) is 11.9 Å². The topological polar surface area (TPSA) is 107 Å². The molecule has 4 N–H and O–H groups in total. The first-order valence-electron chi connectivity index (χ1n) is 8.19. The molecular formula is C17H20ClFN4O3. The van der Waals surface area contributed by atoms with Gasteiger partial charge in [-0.25, -0.2) is 4.39 Å². The summed E-state index contributed by atoms with van der Waals surface area (Å²) in [6, 6.07) is 3.91. The second kappa shape index (κ2) is 9.30. The minimum absolute atomic E-state index is 0.0357. The van der Waals surface area contributed by atoms with E-state index in [0.29, 0.717) is 25.8 Å². The fraction of sp³-hybridized carbons (Fsp3) is 0.353. The summed E-state index contributed by atoms with van der Waals surface area (Å²) in [6.45, 7) is 2.24. The Balaban J connectivity index is 1.99. The van der Waals surface area contributed by atoms with Gasteiger partial charge in [0.25, 0.3) is 11.8 Å². The molecule has 0 spiro atoms. The first kappa shape index (κ1) is 19.9. The molecule has 0 saturated carbocycles. The molecule has 0 radical (unpaired) electrons. The number of aliphatic hydroxyl groups excluding tert-OH is 1. The molecule has 1 aromatic heterocycles. The van der Waals surface area contributed by atoms with Gasteiger partial charge in [-0.2, -0.15) is 5.10 Å². The smallest absolute Gasteiger partial charge is 0.271 e. The summed E-state index contributed by atoms with van der Waals surface area (Å²) in [4.78, 5) is 24.5. The van der Waals surface area contributed by atoms with E-state index in [4.69, 9.17) is 11.6 Å². The average molecular weight is 383 g/mol. The molecule has 0 aliphatic carbocycles. The molecule has 140 valence electrons. The summed E-state index contributed by atoms with van der Waals surface area (Å²) >= 11 is 5.86. The Morgan fingerprint density at radius 1 is 1.38 bits per heavy atom. The second-order valence-electron chi connectivity index (χ2n) is 5.67. The number of hydrogen-bond acceptors (Lipinski definition) is 4. The molecule has 2 rings (SSSR count). The van der Waals surface area contributed by atoms with E-state index in [-0.39, 0.29) is 28.1 Å². The van der Waals surface area contributed by atoms with Crippen molar-refractivity contribution in [1.82, 2.24) is 15.5 Å². The molecule has 1 atom stereocenters. The van der Waals surface area contributed by atoms with Crippen molar-refractivity contribution in [2.24, 2.45) is 0 Å². The van der Waals surface area contributed by atoms with Crippen LogP contribution in [0.3, 0.4) is 0 Å². The molecular weight excluding hydrogens is 363 g/mol. The van der Waals surface area contributed by atoms with Crippen LogP contribution in [0.2, 0.25) is 5.02 Å². The Hall–Kier alpha value is -2.45. The second-order valence-corrected chi connectivity index (χ2v) is 6.08. The van der Waals surface area contributed by atoms with Gasteiger partial charge >= 0.3 is 0 Å². The van der Waals surface area contributed by atoms with E-state index < -0.39 is 17.6 Å². The third-order valence-electron chi connectivity index (χ3n) is 3.78. The number of aliphatic hydroxyl groups is 1. The summed E-state index contributed by atoms with van der Waals surface area (Å²) in [5, 5.41) is 20.8. The quantitative estimate of drug-likeness (QED) is 0.526. The van der Waals surface area contributed by atoms with E-state index >= 15 is 0 Å². The normalized spacial score (nSPS) is 11.8. The molecule has 0 saturated heterocycles. The number of anilines is 1. The first-order chi connectivity index (χ1) is 12.4. The van der Waals surface area contributed by atoms with Crippen LogP contribution in [0, 0.1) is 5.82 Å². The lowest BCUT2D eigenvalue weighted by Gasteiger charge is -2.10. The lowest BCUT2D eigenvalue weighted by atomic mass is 10.1. The lowest BCUT2D eigenvalue weighted by molar-refractivity contribution is 0.0944. The Bertz CT molecular complexity index is 761. The molecule has 2 aromatic rings. The van der Waals surface area contributed by atoms with Crippen molar-refractivity contribution in [3.63, 3.8) is 0 Å². The number of nitrogens with zero attached hydrogens (tertiary/aromatic N) is 1. The van der Waals surface area contributed by atoms with Gasteiger partial charge in [-0.1, -0.05) is 24.6 Å². The molecule has 0 aliphatic rings. The third kappa shape index (κ3) is 5.03. The maximum atomic E-state index is 13.8. The molecule has 26 heavy (non-hydrogen) atoms. The van der Waals surface area contributed by atoms with Crippen LogP contribution >= 0.6 is 11.6 Å². The number of aromatic amines is 1. The van der Waals surface area contributed by atoms with E-state index in [1.54, 1.807) is 0 Å². The van der Waals surface area contributed by atoms with Crippen LogP contribution in [0.5, 0.6) is 0 Å². The average Bonchev–Trinajstić information content (AvgIpc) is 3.06. The number of nitrogens with one attached hydrogen (secondary N) is 3. The van der Waals surface area contributed by atoms with Gasteiger partial charge in [0.15, 0.2) is 0 Å². The van der Waals surface area contributed by atoms with E-state index in [2.05, 4.69) is 20.8 Å². The SMILES string of the molecule is CC[C@H](O)CCCNC(=O)c1[nH]ncc1NC(=O)c1c(F)cccc1Cl. The van der Waals surface area contributed by atoms with Gasteiger partial charge in [-0.15, -0.1) is 0 Å². The number of benzene rings is 1. The van der Waals surface area contributed by atoms with E-state index in [9.17, 15) is 19.1 Å². The van der Waals surface area contributed by atoms with Gasteiger partial charge in [0, 0.05) is 6.54 Å². The van der Waals surface area contributed by atoms with Crippen LogP contribution < -0.4 is 10.6 Å². The molecule has 1 aromatic carbocycles. The van der Waals surface area contributed by atoms with Crippen molar-refractivity contribution >= 4 is 29.1 Å². The number of H-pyrrole nitrogens is 1. The van der Waals surface area contributed by atoms with E-state index in [1.807, 2.05) is 6.92 Å². The summed E-state index contributed by atoms with van der Waals surface area (Å²) in [6.07, 6.45) is 2.71. The van der Waals surface area contributed by atoms with Crippen molar-refractivity contribution in [1.29, 1.82) is 0 Å². The zero-order chi connectivity index (χ0) is 19.1. The molecule has 2 amide bonds. The van der Waals surface area contributed by atoms with E-state index in [0.717, 1.165) is 6.07 Å². The summed E-state index contributed by atoms with van der Waals surface area (Å²) in [5.74, 6) is -2.02. The fourth-order valence-corrected chi connectivity index (χ4v) is 2.53. The summed E-state index contributed by atoms with van der Waals surface area (Å²) in [7, 11) is 0. The van der Waals surface area contributed by atoms with Gasteiger partial charge < -0.3 is 15.7 Å². The molecule has 9 heteroatoms. The van der Waals surface area contributed by atoms with E-state index in [1.165, 1.54) is 18.3 Å². The van der Waals surface area contributed by atoms with Gasteiger partial charge in [0.1, 0.15) is 11.5 Å². The number of amides is 2. The van der Waals surface area contributed by atoms with Gasteiger partial charge in [-0.3, -0.25) is 14.7 Å². The van der Waals surface area contributed by atoms with Gasteiger partial charge in [0.2, 0.25) is 0 Å². The van der Waals surface area contributed by atoms with Crippen LogP contribution in [0.25, 0.3) is 0 Å². The van der Waals surface area contributed by atoms with Gasteiger partial charge in [0.05, 0.1) is 28.6 Å². The highest BCUT2D eigenvalue weighted by Crippen LogP contribution is 2.21. The Morgan fingerprint density at radius 2 is 2.15 bits per heavy atom. The maximum Gasteiger partial charge on any atom is 0.271 e. The molecule has 0 bridgehead atoms. The highest BCUT2D eigenvalue weighted by Gasteiger charge is 2.20. The van der Waals surface area contributed by atoms with Crippen molar-refractivity contribution in [3.8, 4) is 0 Å². The number of halogens is 2. The molecule has 7 nitrogen and oxygen atoms in total. The predicted molar refractivity (Wildman–Crippen MR) is 95.8 cm³/mol. The van der Waals surface area contributed by atoms with Crippen LogP contribution in [-0.4, -0.2) is 39.8 Å². The van der Waals surface area contributed by atoms with Crippen molar-refractivity contribution in [2.45, 2.75) is 32.3 Å². The first-order valence-corrected chi connectivity index (χ1v) is 8.56. The zero-order valence-corrected chi connectivity index (χ0v) is 14.9. The Labute approximate surface area is 154 Å². The monoisotopic (exact) mass is 382 g/mol. The molecule has 0 fully saturated rings. The fourth-order valence-electron chi connectivity index (χ4n) is 2.29. The van der Waals surface area contributed by atoms with Gasteiger partial charge in [-0.05, 0) is 31.4 Å². The minimum atomic E-state index is -0.783. The van der Waals surface area contributed by atoms with Crippen LogP contribution in [0.1, 0.15) is 47.0 Å². The number of carbonyl (C=O) groups excluding carboxylic acids is 2. The molecule has 0 unspecified atom stereocenters. The summed E-state index contributed by atoms with van der Waals surface area (Å²) in [5.41, 5.74) is -0.155.